The van der Waals surface area contributed by atoms with Gasteiger partial charge in [0.15, 0.2) is 0 Å². The maximum absolute atomic E-state index is 12.6. The molecule has 1 atom stereocenters. The fourth-order valence-corrected chi connectivity index (χ4v) is 3.75. The summed E-state index contributed by atoms with van der Waals surface area (Å²) < 4.78 is 33.1. The highest BCUT2D eigenvalue weighted by Gasteiger charge is 2.25. The minimum Gasteiger partial charge on any atom is -0.495 e. The van der Waals surface area contributed by atoms with Crippen LogP contribution in [0, 0.1) is 5.92 Å². The minimum absolute atomic E-state index is 0.0650. The topological polar surface area (TPSA) is 67.4 Å². The van der Waals surface area contributed by atoms with Crippen molar-refractivity contribution in [1.82, 2.24) is 10.0 Å². The van der Waals surface area contributed by atoms with E-state index in [2.05, 4.69) is 10.0 Å². The average molecular weight is 335 g/mol. The van der Waals surface area contributed by atoms with Crippen molar-refractivity contribution in [3.8, 4) is 5.75 Å². The van der Waals surface area contributed by atoms with E-state index < -0.39 is 10.0 Å². The zero-order chi connectivity index (χ0) is 16.2. The first kappa shape index (κ1) is 18.2. The van der Waals surface area contributed by atoms with Crippen molar-refractivity contribution >= 4 is 21.6 Å². The molecule has 0 heterocycles. The summed E-state index contributed by atoms with van der Waals surface area (Å²) in [5.41, 5.74) is 0.699. The molecule has 1 aromatic carbocycles. The molecule has 0 saturated carbocycles. The lowest BCUT2D eigenvalue weighted by Crippen LogP contribution is -2.36. The van der Waals surface area contributed by atoms with Crippen LogP contribution in [0.25, 0.3) is 0 Å². The Kier molecular flexibility index (Phi) is 6.46. The molecule has 0 aliphatic rings. The number of ether oxygens (including phenoxy) is 1. The molecule has 0 amide bonds. The van der Waals surface area contributed by atoms with Crippen molar-refractivity contribution in [3.63, 3.8) is 0 Å². The van der Waals surface area contributed by atoms with Gasteiger partial charge in [0.25, 0.3) is 0 Å². The maximum Gasteiger partial charge on any atom is 0.244 e. The molecule has 1 unspecified atom stereocenters. The Balaban J connectivity index is 3.34. The molecule has 5 nitrogen and oxygen atoms in total. The summed E-state index contributed by atoms with van der Waals surface area (Å²) in [4.78, 5) is 0.0650. The molecule has 0 aromatic heterocycles. The second-order valence-corrected chi connectivity index (χ2v) is 7.40. The first-order valence-electron chi connectivity index (χ1n) is 6.76. The predicted molar refractivity (Wildman–Crippen MR) is 85.4 cm³/mol. The van der Waals surface area contributed by atoms with Crippen molar-refractivity contribution in [2.24, 2.45) is 5.92 Å². The van der Waals surface area contributed by atoms with E-state index in [0.717, 1.165) is 0 Å². The zero-order valence-corrected chi connectivity index (χ0v) is 14.6. The van der Waals surface area contributed by atoms with Gasteiger partial charge >= 0.3 is 0 Å². The van der Waals surface area contributed by atoms with Crippen LogP contribution in [0.2, 0.25) is 5.02 Å². The Morgan fingerprint density at radius 2 is 1.90 bits per heavy atom. The molecular formula is C14H23ClN2O3S. The molecule has 0 saturated heterocycles. The monoisotopic (exact) mass is 334 g/mol. The van der Waals surface area contributed by atoms with E-state index in [9.17, 15) is 8.42 Å². The van der Waals surface area contributed by atoms with Gasteiger partial charge in [-0.25, -0.2) is 13.1 Å². The molecule has 2 N–H and O–H groups in total. The number of hydrogen-bond acceptors (Lipinski definition) is 4. The summed E-state index contributed by atoms with van der Waals surface area (Å²) in [6, 6.07) is 2.92. The minimum atomic E-state index is -3.70. The molecule has 0 bridgehead atoms. The molecule has 7 heteroatoms. The van der Waals surface area contributed by atoms with Crippen LogP contribution in [-0.4, -0.2) is 28.6 Å². The number of halogens is 1. The molecule has 0 spiro atoms. The summed E-state index contributed by atoms with van der Waals surface area (Å²) in [7, 11) is -0.475. The van der Waals surface area contributed by atoms with Crippen LogP contribution in [-0.2, 0) is 16.6 Å². The van der Waals surface area contributed by atoms with E-state index in [0.29, 0.717) is 22.9 Å². The quantitative estimate of drug-likeness (QED) is 0.803. The van der Waals surface area contributed by atoms with Crippen LogP contribution in [0.4, 0.5) is 0 Å². The van der Waals surface area contributed by atoms with Gasteiger partial charge in [0.2, 0.25) is 10.0 Å². The molecule has 0 aliphatic carbocycles. The molecule has 0 aliphatic heterocycles. The molecule has 0 radical (unpaired) electrons. The first-order chi connectivity index (χ1) is 9.72. The summed E-state index contributed by atoms with van der Waals surface area (Å²) in [5.74, 6) is 0.499. The fraction of sp³-hybridized carbons (Fsp3) is 0.571. The third-order valence-electron chi connectivity index (χ3n) is 3.30. The first-order valence-corrected chi connectivity index (χ1v) is 8.62. The Bertz CT molecular complexity index is 588. The van der Waals surface area contributed by atoms with E-state index >= 15 is 0 Å². The summed E-state index contributed by atoms with van der Waals surface area (Å²) >= 11 is 6.04. The number of methoxy groups -OCH3 is 1. The number of hydrogen-bond donors (Lipinski definition) is 2. The van der Waals surface area contributed by atoms with Gasteiger partial charge in [0.05, 0.1) is 7.11 Å². The highest BCUT2D eigenvalue weighted by Crippen LogP contribution is 2.32. The third-order valence-corrected chi connectivity index (χ3v) is 5.08. The van der Waals surface area contributed by atoms with E-state index in [1.807, 2.05) is 20.8 Å². The molecule has 0 fully saturated rings. The van der Waals surface area contributed by atoms with Gasteiger partial charge in [-0.05, 0) is 32.0 Å². The SMILES string of the molecule is CNCc1cc(Cl)cc(S(=O)(=O)NC(C)C(C)C)c1OC. The standard InChI is InChI=1S/C14H23ClN2O3S/c1-9(2)10(3)17-21(18,19)13-7-12(15)6-11(8-16-4)14(13)20-5/h6-7,9-10,16-17H,8H2,1-5H3. The van der Waals surface area contributed by atoms with Crippen LogP contribution in [0.1, 0.15) is 26.3 Å². The second-order valence-electron chi connectivity index (χ2n) is 5.28. The van der Waals surface area contributed by atoms with Gasteiger partial charge in [-0.3, -0.25) is 0 Å². The Morgan fingerprint density at radius 3 is 2.38 bits per heavy atom. The lowest BCUT2D eigenvalue weighted by Gasteiger charge is -2.20. The molecule has 1 rings (SSSR count). The van der Waals surface area contributed by atoms with Crippen LogP contribution in [0.15, 0.2) is 17.0 Å². The third kappa shape index (κ3) is 4.57. The lowest BCUT2D eigenvalue weighted by molar-refractivity contribution is 0.395. The average Bonchev–Trinajstić information content (AvgIpc) is 2.37. The lowest BCUT2D eigenvalue weighted by atomic mass is 10.1. The van der Waals surface area contributed by atoms with E-state index in [1.54, 1.807) is 13.1 Å². The largest absolute Gasteiger partial charge is 0.495 e. The highest BCUT2D eigenvalue weighted by atomic mass is 35.5. The van der Waals surface area contributed by atoms with Gasteiger partial charge in [0, 0.05) is 23.2 Å². The number of sulfonamides is 1. The second kappa shape index (κ2) is 7.45. The zero-order valence-electron chi connectivity index (χ0n) is 13.0. The normalized spacial score (nSPS) is 13.5. The van der Waals surface area contributed by atoms with Crippen molar-refractivity contribution in [2.45, 2.75) is 38.3 Å². The van der Waals surface area contributed by atoms with Gasteiger partial charge in [-0.15, -0.1) is 0 Å². The molecule has 21 heavy (non-hydrogen) atoms. The maximum atomic E-state index is 12.6. The highest BCUT2D eigenvalue weighted by molar-refractivity contribution is 7.89. The number of benzene rings is 1. The van der Waals surface area contributed by atoms with Crippen LogP contribution < -0.4 is 14.8 Å². The van der Waals surface area contributed by atoms with E-state index in [-0.39, 0.29) is 16.9 Å². The number of rotatable bonds is 7. The van der Waals surface area contributed by atoms with Gasteiger partial charge in [0.1, 0.15) is 10.6 Å². The van der Waals surface area contributed by atoms with Crippen molar-refractivity contribution < 1.29 is 13.2 Å². The Labute approximate surface area is 132 Å². The fourth-order valence-electron chi connectivity index (χ4n) is 1.82. The Morgan fingerprint density at radius 1 is 1.29 bits per heavy atom. The van der Waals surface area contributed by atoms with Crippen molar-refractivity contribution in [3.05, 3.63) is 22.7 Å². The molecular weight excluding hydrogens is 312 g/mol. The summed E-state index contributed by atoms with van der Waals surface area (Å²) in [5, 5.41) is 3.33. The van der Waals surface area contributed by atoms with Crippen LogP contribution >= 0.6 is 11.6 Å². The Hall–Kier alpha value is -0.820. The van der Waals surface area contributed by atoms with Gasteiger partial charge in [-0.2, -0.15) is 0 Å². The van der Waals surface area contributed by atoms with E-state index in [1.165, 1.54) is 13.2 Å². The smallest absolute Gasteiger partial charge is 0.244 e. The summed E-state index contributed by atoms with van der Waals surface area (Å²) in [6.45, 7) is 6.20. The van der Waals surface area contributed by atoms with Crippen LogP contribution in [0.5, 0.6) is 5.75 Å². The summed E-state index contributed by atoms with van der Waals surface area (Å²) in [6.07, 6.45) is 0. The van der Waals surface area contributed by atoms with Crippen LogP contribution in [0.3, 0.4) is 0 Å². The van der Waals surface area contributed by atoms with Crippen molar-refractivity contribution in [1.29, 1.82) is 0 Å². The predicted octanol–water partition coefficient (Wildman–Crippen LogP) is 2.39. The van der Waals surface area contributed by atoms with E-state index in [4.69, 9.17) is 16.3 Å². The molecule has 1 aromatic rings. The van der Waals surface area contributed by atoms with Gasteiger partial charge in [-0.1, -0.05) is 25.4 Å². The van der Waals surface area contributed by atoms with Gasteiger partial charge < -0.3 is 10.1 Å². The number of nitrogens with one attached hydrogen (secondary N) is 2. The van der Waals surface area contributed by atoms with Crippen molar-refractivity contribution in [2.75, 3.05) is 14.2 Å². The molecule has 120 valence electrons.